The number of hydrogen-bond donors (Lipinski definition) is 1. The van der Waals surface area contributed by atoms with Crippen LogP contribution >= 0.6 is 0 Å². The minimum atomic E-state index is -0.422. The maximum atomic E-state index is 13.1. The van der Waals surface area contributed by atoms with Gasteiger partial charge >= 0.3 is 0 Å². The lowest BCUT2D eigenvalue weighted by Crippen LogP contribution is -2.48. The van der Waals surface area contributed by atoms with Gasteiger partial charge in [0.05, 0.1) is 19.1 Å². The number of anilines is 1. The number of aliphatic hydroxyl groups is 1. The van der Waals surface area contributed by atoms with E-state index in [-0.39, 0.29) is 30.6 Å². The molecule has 6 heteroatoms. The van der Waals surface area contributed by atoms with Crippen LogP contribution in [-0.2, 0) is 22.5 Å². The van der Waals surface area contributed by atoms with E-state index in [1.54, 1.807) is 0 Å². The summed E-state index contributed by atoms with van der Waals surface area (Å²) in [7, 11) is 4.04. The first kappa shape index (κ1) is 20.3. The van der Waals surface area contributed by atoms with Gasteiger partial charge in [0.15, 0.2) is 0 Å². The summed E-state index contributed by atoms with van der Waals surface area (Å²) in [6.45, 7) is 1.29. The van der Waals surface area contributed by atoms with Crippen molar-refractivity contribution in [2.24, 2.45) is 0 Å². The van der Waals surface area contributed by atoms with Crippen molar-refractivity contribution < 1.29 is 19.4 Å². The molecule has 2 aromatic rings. The van der Waals surface area contributed by atoms with Crippen LogP contribution in [0.2, 0.25) is 0 Å². The Bertz CT molecular complexity index is 976. The molecule has 0 aliphatic carbocycles. The highest BCUT2D eigenvalue weighted by molar-refractivity contribution is 5.77. The number of ether oxygens (including phenoxy) is 2. The van der Waals surface area contributed by atoms with Gasteiger partial charge in [-0.1, -0.05) is 24.3 Å². The second kappa shape index (κ2) is 8.17. The molecule has 0 spiro atoms. The Morgan fingerprint density at radius 1 is 1.19 bits per heavy atom. The van der Waals surface area contributed by atoms with E-state index < -0.39 is 6.10 Å². The van der Waals surface area contributed by atoms with E-state index >= 15 is 0 Å². The van der Waals surface area contributed by atoms with E-state index in [1.807, 2.05) is 37.2 Å². The molecule has 0 bridgehead atoms. The predicted octanol–water partition coefficient (Wildman–Crippen LogP) is 2.72. The SMILES string of the molecule is CN(C)c1ccc2c(c1)[C@H]1C[C@H](CC(=O)N3CCc4ccccc4C3)O[C@@H](CO)[C@H]1O2. The molecule has 1 N–H and O–H groups in total. The number of amides is 1. The van der Waals surface area contributed by atoms with Crippen molar-refractivity contribution in [1.82, 2.24) is 4.90 Å². The number of carbonyl (C=O) groups is 1. The van der Waals surface area contributed by atoms with Crippen LogP contribution in [0.15, 0.2) is 42.5 Å². The largest absolute Gasteiger partial charge is 0.487 e. The minimum absolute atomic E-state index is 0.114. The van der Waals surface area contributed by atoms with Crippen molar-refractivity contribution in [3.63, 3.8) is 0 Å². The van der Waals surface area contributed by atoms with Gasteiger partial charge in [-0.2, -0.15) is 0 Å². The molecule has 164 valence electrons. The normalized spacial score (nSPS) is 26.5. The zero-order valence-electron chi connectivity index (χ0n) is 18.2. The van der Waals surface area contributed by atoms with Crippen LogP contribution in [0.3, 0.4) is 0 Å². The Hall–Kier alpha value is -2.57. The molecule has 3 heterocycles. The topological polar surface area (TPSA) is 62.2 Å². The van der Waals surface area contributed by atoms with E-state index in [1.165, 1.54) is 11.1 Å². The van der Waals surface area contributed by atoms with Gasteiger partial charge in [-0.15, -0.1) is 0 Å². The Morgan fingerprint density at radius 3 is 2.77 bits per heavy atom. The molecule has 31 heavy (non-hydrogen) atoms. The number of rotatable bonds is 4. The number of benzene rings is 2. The molecule has 1 fully saturated rings. The summed E-state index contributed by atoms with van der Waals surface area (Å²) in [5.74, 6) is 1.11. The van der Waals surface area contributed by atoms with Crippen molar-refractivity contribution in [2.45, 2.75) is 50.0 Å². The van der Waals surface area contributed by atoms with Gasteiger partial charge in [-0.05, 0) is 42.2 Å². The summed E-state index contributed by atoms with van der Waals surface area (Å²) < 4.78 is 12.3. The van der Waals surface area contributed by atoms with Crippen molar-refractivity contribution >= 4 is 11.6 Å². The summed E-state index contributed by atoms with van der Waals surface area (Å²) in [5.41, 5.74) is 4.84. The first-order valence-electron chi connectivity index (χ1n) is 11.1. The summed E-state index contributed by atoms with van der Waals surface area (Å²) >= 11 is 0. The first-order valence-corrected chi connectivity index (χ1v) is 11.1. The minimum Gasteiger partial charge on any atom is -0.487 e. The van der Waals surface area contributed by atoms with Crippen molar-refractivity contribution in [3.05, 3.63) is 59.2 Å². The van der Waals surface area contributed by atoms with Crippen LogP contribution in [0.25, 0.3) is 0 Å². The zero-order chi connectivity index (χ0) is 21.5. The highest BCUT2D eigenvalue weighted by Gasteiger charge is 2.46. The molecule has 0 unspecified atom stereocenters. The number of hydrogen-bond acceptors (Lipinski definition) is 5. The number of nitrogens with zero attached hydrogens (tertiary/aromatic N) is 2. The van der Waals surface area contributed by atoms with Gasteiger partial charge in [-0.25, -0.2) is 0 Å². The fourth-order valence-corrected chi connectivity index (χ4v) is 5.19. The third kappa shape index (κ3) is 3.79. The summed E-state index contributed by atoms with van der Waals surface area (Å²) in [5, 5.41) is 9.96. The maximum absolute atomic E-state index is 13.1. The molecule has 3 aliphatic rings. The zero-order valence-corrected chi connectivity index (χ0v) is 18.2. The van der Waals surface area contributed by atoms with Crippen LogP contribution in [0.4, 0.5) is 5.69 Å². The van der Waals surface area contributed by atoms with Crippen LogP contribution in [-0.4, -0.2) is 61.5 Å². The van der Waals surface area contributed by atoms with Gasteiger partial charge in [0.25, 0.3) is 0 Å². The fourth-order valence-electron chi connectivity index (χ4n) is 5.19. The maximum Gasteiger partial charge on any atom is 0.225 e. The van der Waals surface area contributed by atoms with E-state index in [2.05, 4.69) is 29.2 Å². The molecule has 1 saturated heterocycles. The quantitative estimate of drug-likeness (QED) is 0.821. The molecule has 6 nitrogen and oxygen atoms in total. The Balaban J connectivity index is 1.31. The molecule has 3 aliphatic heterocycles. The monoisotopic (exact) mass is 422 g/mol. The standard InChI is InChI=1S/C25H30N2O4/c1-26(2)18-7-8-22-20(11-18)21-12-19(30-23(15-28)25(21)31-22)13-24(29)27-10-9-16-5-3-4-6-17(16)14-27/h3-8,11,19,21,23,25,28H,9-10,12-15H2,1-2H3/t19-,21-,23+,25+/m1/s1. The fraction of sp³-hybridized carbons (Fsp3) is 0.480. The van der Waals surface area contributed by atoms with Gasteiger partial charge in [-0.3, -0.25) is 4.79 Å². The number of aliphatic hydroxyl groups excluding tert-OH is 1. The highest BCUT2D eigenvalue weighted by Crippen LogP contribution is 2.47. The van der Waals surface area contributed by atoms with E-state index in [0.717, 1.165) is 36.4 Å². The van der Waals surface area contributed by atoms with Gasteiger partial charge < -0.3 is 24.4 Å². The average Bonchev–Trinajstić information content (AvgIpc) is 3.16. The average molecular weight is 423 g/mol. The lowest BCUT2D eigenvalue weighted by atomic mass is 9.84. The third-order valence-corrected chi connectivity index (χ3v) is 6.88. The van der Waals surface area contributed by atoms with Crippen LogP contribution in [0.5, 0.6) is 5.75 Å². The van der Waals surface area contributed by atoms with Crippen LogP contribution < -0.4 is 9.64 Å². The van der Waals surface area contributed by atoms with Crippen molar-refractivity contribution in [1.29, 1.82) is 0 Å². The number of fused-ring (bicyclic) bond motifs is 4. The van der Waals surface area contributed by atoms with Crippen LogP contribution in [0, 0.1) is 0 Å². The molecule has 1 amide bonds. The van der Waals surface area contributed by atoms with Crippen LogP contribution in [0.1, 0.15) is 35.4 Å². The molecular weight excluding hydrogens is 392 g/mol. The summed E-state index contributed by atoms with van der Waals surface area (Å²) in [6, 6.07) is 14.5. The third-order valence-electron chi connectivity index (χ3n) is 6.88. The van der Waals surface area contributed by atoms with Crippen molar-refractivity contribution in [2.75, 3.05) is 32.1 Å². The highest BCUT2D eigenvalue weighted by atomic mass is 16.6. The van der Waals surface area contributed by atoms with Gasteiger partial charge in [0.1, 0.15) is 18.0 Å². The smallest absolute Gasteiger partial charge is 0.225 e. The van der Waals surface area contributed by atoms with E-state index in [0.29, 0.717) is 13.0 Å². The summed E-state index contributed by atoms with van der Waals surface area (Å²) in [6.07, 6.45) is 1.11. The van der Waals surface area contributed by atoms with Gasteiger partial charge in [0, 0.05) is 44.4 Å². The number of carbonyl (C=O) groups excluding carboxylic acids is 1. The predicted molar refractivity (Wildman–Crippen MR) is 118 cm³/mol. The van der Waals surface area contributed by atoms with Crippen molar-refractivity contribution in [3.8, 4) is 5.75 Å². The molecule has 0 aromatic heterocycles. The second-order valence-electron chi connectivity index (χ2n) is 9.06. The molecule has 2 aromatic carbocycles. The Morgan fingerprint density at radius 2 is 2.00 bits per heavy atom. The Labute approximate surface area is 183 Å². The Kier molecular flexibility index (Phi) is 5.36. The molecule has 0 saturated carbocycles. The molecule has 0 radical (unpaired) electrons. The molecule has 4 atom stereocenters. The molecule has 5 rings (SSSR count). The summed E-state index contributed by atoms with van der Waals surface area (Å²) in [4.78, 5) is 17.1. The lowest BCUT2D eigenvalue weighted by Gasteiger charge is -2.38. The second-order valence-corrected chi connectivity index (χ2v) is 9.06. The molecular formula is C25H30N2O4. The van der Waals surface area contributed by atoms with Gasteiger partial charge in [0.2, 0.25) is 5.91 Å². The first-order chi connectivity index (χ1) is 15.0. The lowest BCUT2D eigenvalue weighted by molar-refractivity contribution is -0.149. The van der Waals surface area contributed by atoms with E-state index in [9.17, 15) is 9.90 Å². The van der Waals surface area contributed by atoms with E-state index in [4.69, 9.17) is 9.47 Å².